The number of ether oxygens (including phenoxy) is 1. The maximum atomic E-state index is 11.1. The highest BCUT2D eigenvalue weighted by Crippen LogP contribution is 2.09. The van der Waals surface area contributed by atoms with Crippen LogP contribution in [0.5, 0.6) is 0 Å². The van der Waals surface area contributed by atoms with Crippen molar-refractivity contribution in [3.63, 3.8) is 0 Å². The molecule has 3 nitrogen and oxygen atoms in total. The minimum absolute atomic E-state index is 0.0854. The van der Waals surface area contributed by atoms with Crippen molar-refractivity contribution in [2.75, 3.05) is 6.61 Å². The maximum absolute atomic E-state index is 11.1. The molecule has 3 heteroatoms. The number of carbonyl (C=O) groups is 1. The predicted octanol–water partition coefficient (Wildman–Crippen LogP) is 2.37. The van der Waals surface area contributed by atoms with Gasteiger partial charge in [-0.3, -0.25) is 4.79 Å². The van der Waals surface area contributed by atoms with Crippen LogP contribution in [0.1, 0.15) is 47.0 Å². The Balaban J connectivity index is 3.46. The average molecular weight is 216 g/mol. The minimum Gasteiger partial charge on any atom is -0.465 e. The van der Waals surface area contributed by atoms with Crippen LogP contribution in [0.15, 0.2) is 0 Å². The summed E-state index contributed by atoms with van der Waals surface area (Å²) in [6.45, 7) is 8.20. The lowest BCUT2D eigenvalue weighted by Crippen LogP contribution is -2.17. The molecule has 0 aromatic rings. The lowest BCUT2D eigenvalue weighted by atomic mass is 10.0. The normalized spacial score (nSPS) is 13.3. The lowest BCUT2D eigenvalue weighted by molar-refractivity contribution is -0.147. The van der Waals surface area contributed by atoms with Gasteiger partial charge in [0.25, 0.3) is 0 Å². The van der Waals surface area contributed by atoms with Crippen molar-refractivity contribution in [3.05, 3.63) is 0 Å². The zero-order valence-electron chi connectivity index (χ0n) is 10.3. The first kappa shape index (κ1) is 14.4. The number of rotatable bonds is 7. The highest BCUT2D eigenvalue weighted by Gasteiger charge is 2.10. The molecule has 15 heavy (non-hydrogen) atoms. The van der Waals surface area contributed by atoms with E-state index < -0.39 is 0 Å². The molecule has 0 aromatic heterocycles. The van der Waals surface area contributed by atoms with Crippen LogP contribution in [0.3, 0.4) is 0 Å². The van der Waals surface area contributed by atoms with E-state index in [-0.39, 0.29) is 18.0 Å². The van der Waals surface area contributed by atoms with Crippen LogP contribution in [-0.4, -0.2) is 23.8 Å². The van der Waals surface area contributed by atoms with Gasteiger partial charge in [-0.1, -0.05) is 27.7 Å². The number of hydrogen-bond acceptors (Lipinski definition) is 3. The van der Waals surface area contributed by atoms with E-state index in [2.05, 4.69) is 13.8 Å². The van der Waals surface area contributed by atoms with Crippen molar-refractivity contribution < 1.29 is 14.6 Å². The van der Waals surface area contributed by atoms with Gasteiger partial charge >= 0.3 is 5.97 Å². The molecular formula is C12H24O3. The number of aliphatic hydroxyl groups excluding tert-OH is 1. The molecule has 0 fully saturated rings. The molecule has 0 bridgehead atoms. The summed E-state index contributed by atoms with van der Waals surface area (Å²) in [6, 6.07) is 0. The molecule has 1 atom stereocenters. The van der Waals surface area contributed by atoms with Gasteiger partial charge in [-0.2, -0.15) is 0 Å². The summed E-state index contributed by atoms with van der Waals surface area (Å²) < 4.78 is 4.98. The molecule has 0 aromatic carbocycles. The average Bonchev–Trinajstić information content (AvgIpc) is 2.14. The molecular weight excluding hydrogens is 192 g/mol. The van der Waals surface area contributed by atoms with Gasteiger partial charge in [0.05, 0.1) is 18.6 Å². The smallest absolute Gasteiger partial charge is 0.308 e. The van der Waals surface area contributed by atoms with Crippen LogP contribution in [0.25, 0.3) is 0 Å². The number of hydrogen-bond donors (Lipinski definition) is 1. The van der Waals surface area contributed by atoms with Crippen molar-refractivity contribution in [2.24, 2.45) is 11.8 Å². The molecule has 0 amide bonds. The third kappa shape index (κ3) is 8.43. The summed E-state index contributed by atoms with van der Waals surface area (Å²) in [5, 5.41) is 9.56. The third-order valence-corrected chi connectivity index (χ3v) is 2.24. The van der Waals surface area contributed by atoms with Gasteiger partial charge in [-0.05, 0) is 18.8 Å². The standard InChI is InChI=1S/C12H24O3/c1-9(2)5-6-11(13)7-8-15-12(14)10(3)4/h9-11,13H,5-8H2,1-4H3. The Hall–Kier alpha value is -0.570. The molecule has 0 spiro atoms. The summed E-state index contributed by atoms with van der Waals surface area (Å²) in [4.78, 5) is 11.1. The predicted molar refractivity (Wildman–Crippen MR) is 60.5 cm³/mol. The Labute approximate surface area is 92.8 Å². The van der Waals surface area contributed by atoms with E-state index in [1.165, 1.54) is 0 Å². The SMILES string of the molecule is CC(C)CCC(O)CCOC(=O)C(C)C. The van der Waals surface area contributed by atoms with E-state index in [0.717, 1.165) is 12.8 Å². The Bertz CT molecular complexity index is 176. The van der Waals surface area contributed by atoms with E-state index >= 15 is 0 Å². The second kappa shape index (κ2) is 7.69. The van der Waals surface area contributed by atoms with Crippen LogP contribution in [0.4, 0.5) is 0 Å². The molecule has 0 aliphatic carbocycles. The van der Waals surface area contributed by atoms with Crippen molar-refractivity contribution in [1.82, 2.24) is 0 Å². The van der Waals surface area contributed by atoms with Crippen LogP contribution in [-0.2, 0) is 9.53 Å². The van der Waals surface area contributed by atoms with E-state index in [4.69, 9.17) is 4.74 Å². The fraction of sp³-hybridized carbons (Fsp3) is 0.917. The fourth-order valence-electron chi connectivity index (χ4n) is 1.13. The van der Waals surface area contributed by atoms with E-state index in [1.54, 1.807) is 13.8 Å². The van der Waals surface area contributed by atoms with Gasteiger partial charge in [0.15, 0.2) is 0 Å². The Morgan fingerprint density at radius 1 is 1.13 bits per heavy atom. The highest BCUT2D eigenvalue weighted by atomic mass is 16.5. The summed E-state index contributed by atoms with van der Waals surface area (Å²) in [5.41, 5.74) is 0. The van der Waals surface area contributed by atoms with Gasteiger partial charge in [0, 0.05) is 6.42 Å². The van der Waals surface area contributed by atoms with E-state index in [9.17, 15) is 9.90 Å². The van der Waals surface area contributed by atoms with Crippen LogP contribution in [0, 0.1) is 11.8 Å². The maximum Gasteiger partial charge on any atom is 0.308 e. The van der Waals surface area contributed by atoms with Gasteiger partial charge in [0.2, 0.25) is 0 Å². The zero-order chi connectivity index (χ0) is 11.8. The monoisotopic (exact) mass is 216 g/mol. The highest BCUT2D eigenvalue weighted by molar-refractivity contribution is 5.71. The van der Waals surface area contributed by atoms with Crippen molar-refractivity contribution in [1.29, 1.82) is 0 Å². The Morgan fingerprint density at radius 3 is 2.20 bits per heavy atom. The Kier molecular flexibility index (Phi) is 7.39. The van der Waals surface area contributed by atoms with Gasteiger partial charge in [-0.15, -0.1) is 0 Å². The first-order chi connectivity index (χ1) is 6.93. The van der Waals surface area contributed by atoms with Crippen molar-refractivity contribution in [3.8, 4) is 0 Å². The fourth-order valence-corrected chi connectivity index (χ4v) is 1.13. The van der Waals surface area contributed by atoms with Gasteiger partial charge in [-0.25, -0.2) is 0 Å². The lowest BCUT2D eigenvalue weighted by Gasteiger charge is -2.12. The largest absolute Gasteiger partial charge is 0.465 e. The topological polar surface area (TPSA) is 46.5 Å². The number of carbonyl (C=O) groups excluding carboxylic acids is 1. The Morgan fingerprint density at radius 2 is 1.73 bits per heavy atom. The van der Waals surface area contributed by atoms with Gasteiger partial charge in [0.1, 0.15) is 0 Å². The van der Waals surface area contributed by atoms with Crippen LogP contribution in [0.2, 0.25) is 0 Å². The first-order valence-corrected chi connectivity index (χ1v) is 5.78. The molecule has 0 heterocycles. The van der Waals surface area contributed by atoms with Crippen LogP contribution >= 0.6 is 0 Å². The van der Waals surface area contributed by atoms with E-state index in [1.807, 2.05) is 0 Å². The molecule has 1 unspecified atom stereocenters. The zero-order valence-corrected chi connectivity index (χ0v) is 10.3. The molecule has 0 saturated carbocycles. The number of esters is 1. The second-order valence-corrected chi connectivity index (χ2v) is 4.74. The molecule has 0 radical (unpaired) electrons. The molecule has 0 aliphatic heterocycles. The van der Waals surface area contributed by atoms with E-state index in [0.29, 0.717) is 18.9 Å². The van der Waals surface area contributed by atoms with Crippen molar-refractivity contribution >= 4 is 5.97 Å². The summed E-state index contributed by atoms with van der Waals surface area (Å²) in [6.07, 6.45) is 2.01. The minimum atomic E-state index is -0.340. The molecule has 0 aliphatic rings. The second-order valence-electron chi connectivity index (χ2n) is 4.74. The molecule has 90 valence electrons. The molecule has 1 N–H and O–H groups in total. The summed E-state index contributed by atoms with van der Waals surface area (Å²) in [7, 11) is 0. The van der Waals surface area contributed by atoms with Crippen LogP contribution < -0.4 is 0 Å². The first-order valence-electron chi connectivity index (χ1n) is 5.78. The molecule has 0 rings (SSSR count). The summed E-state index contributed by atoms with van der Waals surface area (Å²) >= 11 is 0. The van der Waals surface area contributed by atoms with Gasteiger partial charge < -0.3 is 9.84 Å². The quantitative estimate of drug-likeness (QED) is 0.665. The number of aliphatic hydroxyl groups is 1. The van der Waals surface area contributed by atoms with Crippen molar-refractivity contribution in [2.45, 2.75) is 53.1 Å². The third-order valence-electron chi connectivity index (χ3n) is 2.24. The molecule has 0 saturated heterocycles. The summed E-state index contributed by atoms with van der Waals surface area (Å²) in [5.74, 6) is 0.335.